The molecule has 0 saturated carbocycles. The molecule has 0 aromatic heterocycles. The van der Waals surface area contributed by atoms with Crippen LogP contribution in [0.2, 0.25) is 0 Å². The van der Waals surface area contributed by atoms with E-state index in [1.165, 1.54) is 0 Å². The highest BCUT2D eigenvalue weighted by Gasteiger charge is 2.20. The fourth-order valence-corrected chi connectivity index (χ4v) is 2.50. The maximum Gasteiger partial charge on any atom is 0.305 e. The highest BCUT2D eigenvalue weighted by Crippen LogP contribution is 2.16. The highest BCUT2D eigenvalue weighted by molar-refractivity contribution is 5.79. The summed E-state index contributed by atoms with van der Waals surface area (Å²) < 4.78 is 0. The molecule has 20 heavy (non-hydrogen) atoms. The number of nitrogens with one attached hydrogen (secondary N) is 1. The first kappa shape index (κ1) is 14.5. The van der Waals surface area contributed by atoms with E-state index in [4.69, 9.17) is 5.11 Å². The standard InChI is InChI=1S/C15H20N2O3/c18-14(11-17-8-4-5-9-17)16-13(10-15(19)20)12-6-2-1-3-7-12/h1-3,6-7,13H,4-5,8-11H2,(H,16,18)(H,19,20). The van der Waals surface area contributed by atoms with Gasteiger partial charge in [-0.3, -0.25) is 14.5 Å². The van der Waals surface area contributed by atoms with Crippen LogP contribution in [0.15, 0.2) is 30.3 Å². The van der Waals surface area contributed by atoms with Crippen molar-refractivity contribution in [2.24, 2.45) is 0 Å². The molecule has 1 aromatic carbocycles. The lowest BCUT2D eigenvalue weighted by molar-refractivity contribution is -0.137. The summed E-state index contributed by atoms with van der Waals surface area (Å²) in [5.41, 5.74) is 0.824. The minimum Gasteiger partial charge on any atom is -0.481 e. The lowest BCUT2D eigenvalue weighted by Crippen LogP contribution is -2.38. The van der Waals surface area contributed by atoms with Gasteiger partial charge in [0.05, 0.1) is 19.0 Å². The Labute approximate surface area is 118 Å². The molecule has 0 aliphatic carbocycles. The molecule has 1 amide bonds. The first-order valence-corrected chi connectivity index (χ1v) is 6.93. The van der Waals surface area contributed by atoms with Crippen molar-refractivity contribution in [2.75, 3.05) is 19.6 Å². The summed E-state index contributed by atoms with van der Waals surface area (Å²) in [6.45, 7) is 2.24. The van der Waals surface area contributed by atoms with Crippen molar-refractivity contribution in [3.05, 3.63) is 35.9 Å². The summed E-state index contributed by atoms with van der Waals surface area (Å²) in [6.07, 6.45) is 2.16. The Morgan fingerprint density at radius 3 is 2.45 bits per heavy atom. The number of hydrogen-bond donors (Lipinski definition) is 2. The average Bonchev–Trinajstić information content (AvgIpc) is 2.91. The molecule has 1 aliphatic rings. The second kappa shape index (κ2) is 7.05. The molecule has 1 fully saturated rings. The van der Waals surface area contributed by atoms with Crippen molar-refractivity contribution < 1.29 is 14.7 Å². The van der Waals surface area contributed by atoms with E-state index in [1.807, 2.05) is 30.3 Å². The summed E-state index contributed by atoms with van der Waals surface area (Å²) >= 11 is 0. The number of benzene rings is 1. The number of carbonyl (C=O) groups is 2. The molecule has 1 unspecified atom stereocenters. The molecule has 0 spiro atoms. The number of carboxylic acid groups (broad SMARTS) is 1. The van der Waals surface area contributed by atoms with Gasteiger partial charge in [0, 0.05) is 0 Å². The summed E-state index contributed by atoms with van der Waals surface area (Å²) in [4.78, 5) is 25.1. The van der Waals surface area contributed by atoms with Crippen LogP contribution in [-0.4, -0.2) is 41.5 Å². The lowest BCUT2D eigenvalue weighted by Gasteiger charge is -2.20. The molecule has 2 rings (SSSR count). The highest BCUT2D eigenvalue weighted by atomic mass is 16.4. The lowest BCUT2D eigenvalue weighted by atomic mass is 10.0. The largest absolute Gasteiger partial charge is 0.481 e. The Hall–Kier alpha value is -1.88. The quantitative estimate of drug-likeness (QED) is 0.824. The summed E-state index contributed by atoms with van der Waals surface area (Å²) in [5, 5.41) is 11.8. The predicted octanol–water partition coefficient (Wildman–Crippen LogP) is 1.41. The van der Waals surface area contributed by atoms with Gasteiger partial charge in [-0.1, -0.05) is 30.3 Å². The Balaban J connectivity index is 1.96. The van der Waals surface area contributed by atoms with Crippen molar-refractivity contribution >= 4 is 11.9 Å². The van der Waals surface area contributed by atoms with Crippen LogP contribution in [0, 0.1) is 0 Å². The van der Waals surface area contributed by atoms with Gasteiger partial charge in [-0.15, -0.1) is 0 Å². The number of amides is 1. The van der Waals surface area contributed by atoms with Crippen LogP contribution < -0.4 is 5.32 Å². The number of aliphatic carboxylic acids is 1. The van der Waals surface area contributed by atoms with E-state index in [0.29, 0.717) is 6.54 Å². The number of carbonyl (C=O) groups excluding carboxylic acids is 1. The second-order valence-electron chi connectivity index (χ2n) is 5.11. The van der Waals surface area contributed by atoms with Crippen molar-refractivity contribution in [1.82, 2.24) is 10.2 Å². The average molecular weight is 276 g/mol. The van der Waals surface area contributed by atoms with Gasteiger partial charge in [0.15, 0.2) is 0 Å². The van der Waals surface area contributed by atoms with Crippen LogP contribution in [-0.2, 0) is 9.59 Å². The van der Waals surface area contributed by atoms with E-state index < -0.39 is 12.0 Å². The van der Waals surface area contributed by atoms with Crippen LogP contribution in [0.3, 0.4) is 0 Å². The monoisotopic (exact) mass is 276 g/mol. The second-order valence-corrected chi connectivity index (χ2v) is 5.11. The van der Waals surface area contributed by atoms with Crippen LogP contribution in [0.1, 0.15) is 30.9 Å². The van der Waals surface area contributed by atoms with Gasteiger partial charge in [-0.05, 0) is 31.5 Å². The summed E-state index contributed by atoms with van der Waals surface area (Å²) in [5.74, 6) is -1.03. The maximum atomic E-state index is 12.0. The predicted molar refractivity (Wildman–Crippen MR) is 75.3 cm³/mol. The molecule has 0 radical (unpaired) electrons. The molecular formula is C15H20N2O3. The van der Waals surface area contributed by atoms with Gasteiger partial charge in [-0.2, -0.15) is 0 Å². The normalized spacial score (nSPS) is 16.8. The van der Waals surface area contributed by atoms with Crippen LogP contribution in [0.4, 0.5) is 0 Å². The van der Waals surface area contributed by atoms with Crippen molar-refractivity contribution in [1.29, 1.82) is 0 Å². The van der Waals surface area contributed by atoms with E-state index in [9.17, 15) is 9.59 Å². The topological polar surface area (TPSA) is 69.6 Å². The number of nitrogens with zero attached hydrogens (tertiary/aromatic N) is 1. The molecule has 0 bridgehead atoms. The van der Waals surface area contributed by atoms with Crippen molar-refractivity contribution in [3.8, 4) is 0 Å². The molecule has 1 heterocycles. The molecule has 5 nitrogen and oxygen atoms in total. The fourth-order valence-electron chi connectivity index (χ4n) is 2.50. The molecular weight excluding hydrogens is 256 g/mol. The van der Waals surface area contributed by atoms with E-state index >= 15 is 0 Å². The Kier molecular flexibility index (Phi) is 5.12. The molecule has 2 N–H and O–H groups in total. The molecule has 1 saturated heterocycles. The van der Waals surface area contributed by atoms with E-state index in [-0.39, 0.29) is 12.3 Å². The van der Waals surface area contributed by atoms with Crippen LogP contribution in [0.5, 0.6) is 0 Å². The Bertz CT molecular complexity index is 455. The minimum absolute atomic E-state index is 0.101. The van der Waals surface area contributed by atoms with Gasteiger partial charge in [-0.25, -0.2) is 0 Å². The summed E-state index contributed by atoms with van der Waals surface area (Å²) in [7, 11) is 0. The summed E-state index contributed by atoms with van der Waals surface area (Å²) in [6, 6.07) is 8.76. The zero-order chi connectivity index (χ0) is 14.4. The van der Waals surface area contributed by atoms with Crippen molar-refractivity contribution in [2.45, 2.75) is 25.3 Å². The molecule has 1 aliphatic heterocycles. The Morgan fingerprint density at radius 1 is 1.20 bits per heavy atom. The smallest absolute Gasteiger partial charge is 0.305 e. The fraction of sp³-hybridized carbons (Fsp3) is 0.467. The first-order valence-electron chi connectivity index (χ1n) is 6.93. The first-order chi connectivity index (χ1) is 9.65. The molecule has 5 heteroatoms. The molecule has 1 atom stereocenters. The van der Waals surface area contributed by atoms with Crippen molar-refractivity contribution in [3.63, 3.8) is 0 Å². The molecule has 1 aromatic rings. The number of carboxylic acids is 1. The van der Waals surface area contributed by atoms with Gasteiger partial charge in [0.25, 0.3) is 0 Å². The SMILES string of the molecule is O=C(O)CC(NC(=O)CN1CCCC1)c1ccccc1. The third kappa shape index (κ3) is 4.35. The third-order valence-corrected chi connectivity index (χ3v) is 3.48. The maximum absolute atomic E-state index is 12.0. The molecule has 108 valence electrons. The van der Waals surface area contributed by atoms with Crippen LogP contribution >= 0.6 is 0 Å². The van der Waals surface area contributed by atoms with E-state index in [1.54, 1.807) is 0 Å². The van der Waals surface area contributed by atoms with E-state index in [0.717, 1.165) is 31.5 Å². The Morgan fingerprint density at radius 2 is 1.85 bits per heavy atom. The zero-order valence-corrected chi connectivity index (χ0v) is 11.4. The minimum atomic E-state index is -0.916. The number of likely N-dealkylation sites (tertiary alicyclic amines) is 1. The number of hydrogen-bond acceptors (Lipinski definition) is 3. The number of rotatable bonds is 6. The zero-order valence-electron chi connectivity index (χ0n) is 11.4. The van der Waals surface area contributed by atoms with Gasteiger partial charge in [0.1, 0.15) is 0 Å². The van der Waals surface area contributed by atoms with Gasteiger partial charge >= 0.3 is 5.97 Å². The van der Waals surface area contributed by atoms with Gasteiger partial charge in [0.2, 0.25) is 5.91 Å². The third-order valence-electron chi connectivity index (χ3n) is 3.48. The van der Waals surface area contributed by atoms with E-state index in [2.05, 4.69) is 10.2 Å². The van der Waals surface area contributed by atoms with Crippen LogP contribution in [0.25, 0.3) is 0 Å². The van der Waals surface area contributed by atoms with Gasteiger partial charge < -0.3 is 10.4 Å².